The molecule has 0 spiro atoms. The second-order valence-electron chi connectivity index (χ2n) is 3.26. The van der Waals surface area contributed by atoms with E-state index >= 15 is 0 Å². The van der Waals surface area contributed by atoms with Crippen molar-refractivity contribution in [3.63, 3.8) is 0 Å². The van der Waals surface area contributed by atoms with E-state index in [9.17, 15) is 0 Å². The molecule has 0 bridgehead atoms. The molecule has 0 radical (unpaired) electrons. The van der Waals surface area contributed by atoms with Crippen molar-refractivity contribution in [1.82, 2.24) is 0 Å². The van der Waals surface area contributed by atoms with Crippen molar-refractivity contribution in [1.29, 1.82) is 0 Å². The Morgan fingerprint density at radius 3 is 2.55 bits per heavy atom. The van der Waals surface area contributed by atoms with Crippen LogP contribution in [0.4, 0.5) is 0 Å². The lowest BCUT2D eigenvalue weighted by Crippen LogP contribution is -1.99. The van der Waals surface area contributed by atoms with Crippen molar-refractivity contribution in [3.05, 3.63) is 12.2 Å². The second-order valence-corrected chi connectivity index (χ2v) is 3.26. The zero-order valence-electron chi connectivity index (χ0n) is 7.35. The highest BCUT2D eigenvalue weighted by Gasteiger charge is 2.01. The fourth-order valence-electron chi connectivity index (χ4n) is 0.421. The normalized spacial score (nSPS) is 11.3. The maximum absolute atomic E-state index is 4.80. The van der Waals surface area contributed by atoms with Gasteiger partial charge in [0.05, 0.1) is 6.61 Å². The summed E-state index contributed by atoms with van der Waals surface area (Å²) in [7, 11) is 0. The van der Waals surface area contributed by atoms with Gasteiger partial charge >= 0.3 is 0 Å². The number of nitrogens with two attached hydrogens (primary N) is 1. The lowest BCUT2D eigenvalue weighted by Gasteiger charge is -2.05. The van der Waals surface area contributed by atoms with Crippen LogP contribution in [-0.4, -0.2) is 6.61 Å². The molecule has 2 N–H and O–H groups in total. The van der Waals surface area contributed by atoms with Crippen LogP contribution in [-0.2, 0) is 4.84 Å². The highest BCUT2D eigenvalue weighted by Crippen LogP contribution is 2.09. The van der Waals surface area contributed by atoms with Crippen LogP contribution >= 0.6 is 0 Å². The number of rotatable bonds is 2. The summed E-state index contributed by atoms with van der Waals surface area (Å²) in [5.74, 6) is 10.7. The molecule has 0 aromatic carbocycles. The molecule has 62 valence electrons. The Balaban J connectivity index is 3.72. The molecule has 0 aliphatic rings. The summed E-state index contributed by atoms with van der Waals surface area (Å²) in [6.45, 7) is 6.60. The third-order valence-corrected chi connectivity index (χ3v) is 0.841. The minimum atomic E-state index is 0.0634. The van der Waals surface area contributed by atoms with Gasteiger partial charge in [-0.05, 0) is 32.9 Å². The van der Waals surface area contributed by atoms with Gasteiger partial charge in [-0.25, -0.2) is 5.90 Å². The zero-order valence-corrected chi connectivity index (χ0v) is 7.35. The van der Waals surface area contributed by atoms with Gasteiger partial charge in [0.15, 0.2) is 0 Å². The van der Waals surface area contributed by atoms with Crippen LogP contribution in [0, 0.1) is 17.3 Å². The summed E-state index contributed by atoms with van der Waals surface area (Å²) in [5.41, 5.74) is 0.0634. The molecule has 0 aromatic heterocycles. The SMILES string of the molecule is CC(C)(C)C#CC=CCON. The van der Waals surface area contributed by atoms with E-state index in [1.165, 1.54) is 0 Å². The summed E-state index contributed by atoms with van der Waals surface area (Å²) in [5, 5.41) is 0. The molecule has 0 unspecified atom stereocenters. The minimum Gasteiger partial charge on any atom is -0.300 e. The van der Waals surface area contributed by atoms with Gasteiger partial charge < -0.3 is 4.84 Å². The number of allylic oxidation sites excluding steroid dienone is 1. The average Bonchev–Trinajstić information content (AvgIpc) is 1.85. The van der Waals surface area contributed by atoms with Crippen molar-refractivity contribution in [3.8, 4) is 11.8 Å². The van der Waals surface area contributed by atoms with Crippen molar-refractivity contribution < 1.29 is 4.84 Å². The van der Waals surface area contributed by atoms with E-state index in [4.69, 9.17) is 5.90 Å². The lowest BCUT2D eigenvalue weighted by atomic mass is 9.98. The van der Waals surface area contributed by atoms with E-state index in [0.717, 1.165) is 0 Å². The molecule has 11 heavy (non-hydrogen) atoms. The van der Waals surface area contributed by atoms with Gasteiger partial charge in [0, 0.05) is 5.41 Å². The smallest absolute Gasteiger partial charge is 0.0869 e. The molecule has 0 amide bonds. The quantitative estimate of drug-likeness (QED) is 0.482. The monoisotopic (exact) mass is 153 g/mol. The largest absolute Gasteiger partial charge is 0.300 e. The van der Waals surface area contributed by atoms with Crippen LogP contribution in [0.25, 0.3) is 0 Å². The molecule has 0 saturated heterocycles. The van der Waals surface area contributed by atoms with Gasteiger partial charge in [0.2, 0.25) is 0 Å². The van der Waals surface area contributed by atoms with Gasteiger partial charge in [-0.15, -0.1) is 0 Å². The third-order valence-electron chi connectivity index (χ3n) is 0.841. The summed E-state index contributed by atoms with van der Waals surface area (Å²) in [4.78, 5) is 4.32. The second kappa shape index (κ2) is 4.95. The molecule has 0 atom stereocenters. The molecule has 0 saturated carbocycles. The molecular weight excluding hydrogens is 138 g/mol. The summed E-state index contributed by atoms with van der Waals surface area (Å²) in [6.07, 6.45) is 3.52. The lowest BCUT2D eigenvalue weighted by molar-refractivity contribution is 0.168. The van der Waals surface area contributed by atoms with Crippen LogP contribution in [0.3, 0.4) is 0 Å². The molecule has 0 aromatic rings. The Labute approximate surface area is 68.4 Å². The van der Waals surface area contributed by atoms with Crippen LogP contribution in [0.1, 0.15) is 20.8 Å². The first-order valence-electron chi connectivity index (χ1n) is 3.55. The standard InChI is InChI=1S/C9H15NO/c1-9(2,3)7-5-4-6-8-11-10/h4,6H,8,10H2,1-3H3. The van der Waals surface area contributed by atoms with E-state index in [2.05, 4.69) is 37.4 Å². The molecule has 0 rings (SSSR count). The van der Waals surface area contributed by atoms with E-state index in [-0.39, 0.29) is 5.41 Å². The average molecular weight is 153 g/mol. The Kier molecular flexibility index (Phi) is 4.60. The highest BCUT2D eigenvalue weighted by molar-refractivity contribution is 5.18. The van der Waals surface area contributed by atoms with Crippen molar-refractivity contribution >= 4 is 0 Å². The van der Waals surface area contributed by atoms with Gasteiger partial charge in [-0.1, -0.05) is 11.8 Å². The maximum atomic E-state index is 4.80. The van der Waals surface area contributed by atoms with E-state index < -0.39 is 0 Å². The Morgan fingerprint density at radius 2 is 2.09 bits per heavy atom. The Bertz CT molecular complexity index is 178. The number of hydrogen-bond donors (Lipinski definition) is 1. The van der Waals surface area contributed by atoms with Crippen LogP contribution in [0.5, 0.6) is 0 Å². The molecule has 0 aliphatic carbocycles. The summed E-state index contributed by atoms with van der Waals surface area (Å²) >= 11 is 0. The molecule has 0 aliphatic heterocycles. The minimum absolute atomic E-state index is 0.0634. The first kappa shape index (κ1) is 10.2. The van der Waals surface area contributed by atoms with Crippen molar-refractivity contribution in [2.45, 2.75) is 20.8 Å². The number of hydrogen-bond acceptors (Lipinski definition) is 2. The molecule has 2 nitrogen and oxygen atoms in total. The third kappa shape index (κ3) is 9.22. The fourth-order valence-corrected chi connectivity index (χ4v) is 0.421. The van der Waals surface area contributed by atoms with Gasteiger partial charge in [-0.2, -0.15) is 0 Å². The maximum Gasteiger partial charge on any atom is 0.0869 e. The molecule has 2 heteroatoms. The van der Waals surface area contributed by atoms with Crippen LogP contribution in [0.2, 0.25) is 0 Å². The van der Waals surface area contributed by atoms with E-state index in [0.29, 0.717) is 6.61 Å². The zero-order chi connectivity index (χ0) is 8.74. The Morgan fingerprint density at radius 1 is 1.45 bits per heavy atom. The molecule has 0 heterocycles. The van der Waals surface area contributed by atoms with E-state index in [1.54, 1.807) is 12.2 Å². The predicted octanol–water partition coefficient (Wildman–Crippen LogP) is 1.48. The van der Waals surface area contributed by atoms with Gasteiger partial charge in [-0.3, -0.25) is 0 Å². The topological polar surface area (TPSA) is 35.2 Å². The fraction of sp³-hybridized carbons (Fsp3) is 0.556. The van der Waals surface area contributed by atoms with Crippen LogP contribution < -0.4 is 5.90 Å². The molecular formula is C9H15NO. The summed E-state index contributed by atoms with van der Waals surface area (Å²) in [6, 6.07) is 0. The van der Waals surface area contributed by atoms with Gasteiger partial charge in [0.1, 0.15) is 0 Å². The first-order chi connectivity index (χ1) is 5.06. The summed E-state index contributed by atoms with van der Waals surface area (Å²) < 4.78 is 0. The van der Waals surface area contributed by atoms with E-state index in [1.807, 2.05) is 0 Å². The van der Waals surface area contributed by atoms with Crippen molar-refractivity contribution in [2.24, 2.45) is 11.3 Å². The Hall–Kier alpha value is -0.780. The van der Waals surface area contributed by atoms with Gasteiger partial charge in [0.25, 0.3) is 0 Å². The van der Waals surface area contributed by atoms with Crippen LogP contribution in [0.15, 0.2) is 12.2 Å². The first-order valence-corrected chi connectivity index (χ1v) is 3.55. The highest BCUT2D eigenvalue weighted by atomic mass is 16.6. The van der Waals surface area contributed by atoms with Crippen molar-refractivity contribution in [2.75, 3.05) is 6.61 Å². The molecule has 0 fully saturated rings. The predicted molar refractivity (Wildman–Crippen MR) is 46.5 cm³/mol.